The molecular formula is C12H11FN2O. The van der Waals surface area contributed by atoms with Gasteiger partial charge in [-0.05, 0) is 24.6 Å². The Morgan fingerprint density at radius 1 is 1.38 bits per heavy atom. The molecule has 0 saturated carbocycles. The summed E-state index contributed by atoms with van der Waals surface area (Å²) >= 11 is 0. The third-order valence-electron chi connectivity index (χ3n) is 2.30. The highest BCUT2D eigenvalue weighted by molar-refractivity contribution is 5.93. The van der Waals surface area contributed by atoms with Crippen molar-refractivity contribution in [3.8, 4) is 0 Å². The molecule has 1 aromatic heterocycles. The van der Waals surface area contributed by atoms with E-state index >= 15 is 0 Å². The third-order valence-corrected chi connectivity index (χ3v) is 2.30. The van der Waals surface area contributed by atoms with Gasteiger partial charge < -0.3 is 0 Å². The first-order chi connectivity index (χ1) is 7.65. The number of rotatable bonds is 3. The summed E-state index contributed by atoms with van der Waals surface area (Å²) in [7, 11) is 0. The zero-order valence-electron chi connectivity index (χ0n) is 8.85. The van der Waals surface area contributed by atoms with E-state index in [4.69, 9.17) is 0 Å². The first kappa shape index (κ1) is 10.5. The molecule has 2 rings (SSSR count). The quantitative estimate of drug-likeness (QED) is 0.741. The summed E-state index contributed by atoms with van der Waals surface area (Å²) in [5, 5.41) is 4.06. The number of hydrogen-bond acceptors (Lipinski definition) is 2. The van der Waals surface area contributed by atoms with Crippen LogP contribution in [0.3, 0.4) is 0 Å². The minimum absolute atomic E-state index is 0.00893. The largest absolute Gasteiger partial charge is 0.294 e. The van der Waals surface area contributed by atoms with Crippen molar-refractivity contribution < 1.29 is 9.18 Å². The molecule has 0 bridgehead atoms. The van der Waals surface area contributed by atoms with Gasteiger partial charge in [-0.2, -0.15) is 5.10 Å². The van der Waals surface area contributed by atoms with Crippen LogP contribution in [0.5, 0.6) is 0 Å². The highest BCUT2D eigenvalue weighted by Gasteiger charge is 2.03. The number of halogens is 1. The molecular weight excluding hydrogens is 207 g/mol. The lowest BCUT2D eigenvalue weighted by molar-refractivity contribution is 0.101. The summed E-state index contributed by atoms with van der Waals surface area (Å²) in [5.41, 5.74) is 1.53. The number of Topliss-reactive ketones (excluding diaryl/α,β-unsaturated/α-hetero) is 1. The fraction of sp³-hybridized carbons (Fsp3) is 0.167. The monoisotopic (exact) mass is 218 g/mol. The molecule has 0 atom stereocenters. The Bertz CT molecular complexity index is 502. The number of carbonyl (C=O) groups is 1. The minimum Gasteiger partial charge on any atom is -0.294 e. The van der Waals surface area contributed by atoms with Gasteiger partial charge in [0.25, 0.3) is 0 Å². The Labute approximate surface area is 92.5 Å². The molecule has 0 radical (unpaired) electrons. The van der Waals surface area contributed by atoms with Crippen LogP contribution in [0.2, 0.25) is 0 Å². The van der Waals surface area contributed by atoms with E-state index in [0.717, 1.165) is 5.56 Å². The fourth-order valence-electron chi connectivity index (χ4n) is 1.41. The molecule has 16 heavy (non-hydrogen) atoms. The van der Waals surface area contributed by atoms with Gasteiger partial charge in [-0.15, -0.1) is 0 Å². The van der Waals surface area contributed by atoms with Gasteiger partial charge in [-0.25, -0.2) is 4.39 Å². The van der Waals surface area contributed by atoms with Gasteiger partial charge in [0, 0.05) is 6.20 Å². The predicted molar refractivity (Wildman–Crippen MR) is 57.7 cm³/mol. The zero-order chi connectivity index (χ0) is 11.5. The maximum absolute atomic E-state index is 12.7. The second-order valence-electron chi connectivity index (χ2n) is 3.61. The molecule has 1 aromatic carbocycles. The lowest BCUT2D eigenvalue weighted by Gasteiger charge is -2.00. The van der Waals surface area contributed by atoms with Crippen LogP contribution in [0.4, 0.5) is 4.39 Å². The van der Waals surface area contributed by atoms with E-state index in [1.54, 1.807) is 23.0 Å². The second kappa shape index (κ2) is 4.26. The van der Waals surface area contributed by atoms with Gasteiger partial charge in [0.1, 0.15) is 5.82 Å². The Balaban J connectivity index is 2.14. The molecule has 82 valence electrons. The average molecular weight is 218 g/mol. The van der Waals surface area contributed by atoms with E-state index in [9.17, 15) is 9.18 Å². The van der Waals surface area contributed by atoms with E-state index < -0.39 is 0 Å². The molecule has 0 fully saturated rings. The molecule has 1 heterocycles. The summed E-state index contributed by atoms with van der Waals surface area (Å²) in [5.74, 6) is -0.265. The number of hydrogen-bond donors (Lipinski definition) is 0. The maximum Gasteiger partial charge on any atom is 0.162 e. The topological polar surface area (TPSA) is 34.9 Å². The molecule has 0 aliphatic rings. The number of benzene rings is 1. The van der Waals surface area contributed by atoms with E-state index in [1.807, 2.05) is 0 Å². The van der Waals surface area contributed by atoms with E-state index in [0.29, 0.717) is 12.1 Å². The van der Waals surface area contributed by atoms with Crippen LogP contribution in [-0.2, 0) is 6.54 Å². The van der Waals surface area contributed by atoms with Gasteiger partial charge in [0.2, 0.25) is 0 Å². The standard InChI is InChI=1S/C12H11FN2O/c1-9(16)11-6-14-15(8-11)7-10-2-4-12(13)5-3-10/h2-6,8H,7H2,1H3. The van der Waals surface area contributed by atoms with Gasteiger partial charge in [0.05, 0.1) is 18.3 Å². The van der Waals surface area contributed by atoms with Crippen molar-refractivity contribution in [2.75, 3.05) is 0 Å². The summed E-state index contributed by atoms with van der Waals surface area (Å²) in [4.78, 5) is 11.1. The van der Waals surface area contributed by atoms with Crippen molar-refractivity contribution in [3.05, 3.63) is 53.6 Å². The van der Waals surface area contributed by atoms with Crippen molar-refractivity contribution >= 4 is 5.78 Å². The minimum atomic E-state index is -0.256. The molecule has 2 aromatic rings. The smallest absolute Gasteiger partial charge is 0.162 e. The SMILES string of the molecule is CC(=O)c1cnn(Cc2ccc(F)cc2)c1. The first-order valence-corrected chi connectivity index (χ1v) is 4.93. The van der Waals surface area contributed by atoms with Gasteiger partial charge in [-0.3, -0.25) is 9.48 Å². The molecule has 0 saturated heterocycles. The highest BCUT2D eigenvalue weighted by atomic mass is 19.1. The number of carbonyl (C=O) groups excluding carboxylic acids is 1. The summed E-state index contributed by atoms with van der Waals surface area (Å²) in [6.07, 6.45) is 3.22. The maximum atomic E-state index is 12.7. The lowest BCUT2D eigenvalue weighted by Crippen LogP contribution is -2.00. The van der Waals surface area contributed by atoms with Crippen LogP contribution in [0, 0.1) is 5.82 Å². The van der Waals surface area contributed by atoms with Crippen molar-refractivity contribution in [1.29, 1.82) is 0 Å². The van der Waals surface area contributed by atoms with Gasteiger partial charge >= 0.3 is 0 Å². The van der Waals surface area contributed by atoms with E-state index in [1.165, 1.54) is 25.3 Å². The van der Waals surface area contributed by atoms with Gasteiger partial charge in [0.15, 0.2) is 5.78 Å². The first-order valence-electron chi connectivity index (χ1n) is 4.93. The van der Waals surface area contributed by atoms with Crippen LogP contribution in [0.1, 0.15) is 22.8 Å². The normalized spacial score (nSPS) is 10.4. The molecule has 3 nitrogen and oxygen atoms in total. The Morgan fingerprint density at radius 3 is 2.62 bits per heavy atom. The van der Waals surface area contributed by atoms with Crippen molar-refractivity contribution in [3.63, 3.8) is 0 Å². The Kier molecular flexibility index (Phi) is 2.81. The predicted octanol–water partition coefficient (Wildman–Crippen LogP) is 2.27. The fourth-order valence-corrected chi connectivity index (χ4v) is 1.41. The molecule has 0 N–H and O–H groups in total. The molecule has 0 spiro atoms. The van der Waals surface area contributed by atoms with Crippen molar-refractivity contribution in [2.24, 2.45) is 0 Å². The summed E-state index contributed by atoms with van der Waals surface area (Å²) in [6, 6.07) is 6.21. The number of nitrogens with zero attached hydrogens (tertiary/aromatic N) is 2. The Morgan fingerprint density at radius 2 is 2.06 bits per heavy atom. The van der Waals surface area contributed by atoms with Crippen LogP contribution >= 0.6 is 0 Å². The molecule has 4 heteroatoms. The molecule has 0 amide bonds. The molecule has 0 aliphatic heterocycles. The Hall–Kier alpha value is -1.97. The van der Waals surface area contributed by atoms with Gasteiger partial charge in [-0.1, -0.05) is 12.1 Å². The highest BCUT2D eigenvalue weighted by Crippen LogP contribution is 2.06. The van der Waals surface area contributed by atoms with E-state index in [-0.39, 0.29) is 11.6 Å². The summed E-state index contributed by atoms with van der Waals surface area (Å²) < 4.78 is 14.3. The average Bonchev–Trinajstić information content (AvgIpc) is 2.70. The van der Waals surface area contributed by atoms with Crippen LogP contribution in [-0.4, -0.2) is 15.6 Å². The third kappa shape index (κ3) is 2.34. The van der Waals surface area contributed by atoms with Crippen LogP contribution in [0.25, 0.3) is 0 Å². The zero-order valence-corrected chi connectivity index (χ0v) is 8.85. The second-order valence-corrected chi connectivity index (χ2v) is 3.61. The lowest BCUT2D eigenvalue weighted by atomic mass is 10.2. The van der Waals surface area contributed by atoms with Crippen molar-refractivity contribution in [1.82, 2.24) is 9.78 Å². The summed E-state index contributed by atoms with van der Waals surface area (Å²) in [6.45, 7) is 2.03. The molecule has 0 unspecified atom stereocenters. The number of ketones is 1. The van der Waals surface area contributed by atoms with Crippen LogP contribution in [0.15, 0.2) is 36.7 Å². The molecule has 0 aliphatic carbocycles. The van der Waals surface area contributed by atoms with Crippen molar-refractivity contribution in [2.45, 2.75) is 13.5 Å². The van der Waals surface area contributed by atoms with E-state index in [2.05, 4.69) is 5.10 Å². The van der Waals surface area contributed by atoms with Crippen LogP contribution < -0.4 is 0 Å². The number of aromatic nitrogens is 2.